The maximum Gasteiger partial charge on any atom is 0.408 e. The van der Waals surface area contributed by atoms with Crippen LogP contribution >= 0.6 is 11.6 Å². The van der Waals surface area contributed by atoms with E-state index in [0.29, 0.717) is 26.1 Å². The Morgan fingerprint density at radius 2 is 2.00 bits per heavy atom. The van der Waals surface area contributed by atoms with Gasteiger partial charge < -0.3 is 9.64 Å². The molecule has 0 radical (unpaired) electrons. The van der Waals surface area contributed by atoms with Crippen LogP contribution < -0.4 is 10.5 Å². The Kier molecular flexibility index (Phi) is 5.06. The molecule has 1 fully saturated rings. The van der Waals surface area contributed by atoms with Gasteiger partial charge in [0, 0.05) is 31.7 Å². The molecule has 0 amide bonds. The first-order chi connectivity index (χ1) is 11.8. The van der Waals surface area contributed by atoms with E-state index in [2.05, 4.69) is 4.98 Å². The van der Waals surface area contributed by atoms with Crippen molar-refractivity contribution in [2.45, 2.75) is 38.0 Å². The Morgan fingerprint density at radius 3 is 2.64 bits per heavy atom. The molecule has 0 aliphatic carbocycles. The highest BCUT2D eigenvalue weighted by Crippen LogP contribution is 2.34. The summed E-state index contributed by atoms with van der Waals surface area (Å²) in [5, 5.41) is -0.192. The van der Waals surface area contributed by atoms with Crippen molar-refractivity contribution in [3.05, 3.63) is 21.6 Å². The topological polar surface area (TPSA) is 64.4 Å². The first kappa shape index (κ1) is 18.2. The lowest BCUT2D eigenvalue weighted by molar-refractivity contribution is -0.153. The fraction of sp³-hybridized carbons (Fsp3) is 0.667. The molecule has 1 unspecified atom stereocenters. The zero-order chi connectivity index (χ0) is 18.2. The Morgan fingerprint density at radius 1 is 1.32 bits per heavy atom. The second-order valence-electron chi connectivity index (χ2n) is 6.20. The van der Waals surface area contributed by atoms with E-state index < -0.39 is 24.3 Å². The number of carbonyl (C=O) groups is 1. The fourth-order valence-corrected chi connectivity index (χ4v) is 3.45. The van der Waals surface area contributed by atoms with Gasteiger partial charge in [-0.15, -0.1) is 0 Å². The van der Waals surface area contributed by atoms with Gasteiger partial charge in [-0.1, -0.05) is 11.6 Å². The lowest BCUT2D eigenvalue weighted by Gasteiger charge is -2.39. The number of rotatable bonds is 3. The SMILES string of the molecule is O=C(CN1c2nc(Cl)cc(=O)n2CCC1C(F)(F)F)C1CCOCC1. The van der Waals surface area contributed by atoms with Crippen LogP contribution in [0.1, 0.15) is 19.3 Å². The van der Waals surface area contributed by atoms with Crippen LogP contribution in [0.25, 0.3) is 0 Å². The summed E-state index contributed by atoms with van der Waals surface area (Å²) in [5.74, 6) is -0.851. The molecule has 1 aromatic heterocycles. The molecule has 2 aliphatic rings. The molecule has 25 heavy (non-hydrogen) atoms. The summed E-state index contributed by atoms with van der Waals surface area (Å²) < 4.78 is 46.7. The van der Waals surface area contributed by atoms with Crippen molar-refractivity contribution in [2.24, 2.45) is 5.92 Å². The molecular weight excluding hydrogens is 363 g/mol. The standard InChI is InChI=1S/C15H17ClF3N3O3/c16-12-7-13(24)21-4-1-11(15(17,18)19)22(14(21)20-12)8-10(23)9-2-5-25-6-3-9/h7,9,11H,1-6,8H2. The molecule has 0 saturated carbocycles. The van der Waals surface area contributed by atoms with Crippen molar-refractivity contribution in [1.29, 1.82) is 0 Å². The van der Waals surface area contributed by atoms with Crippen molar-refractivity contribution in [3.8, 4) is 0 Å². The van der Waals surface area contributed by atoms with Crippen LogP contribution in [0.2, 0.25) is 5.15 Å². The summed E-state index contributed by atoms with van der Waals surface area (Å²) in [5.41, 5.74) is -0.529. The van der Waals surface area contributed by atoms with Crippen LogP contribution in [0.15, 0.2) is 10.9 Å². The number of carbonyl (C=O) groups excluding carboxylic acids is 1. The van der Waals surface area contributed by atoms with Gasteiger partial charge in [-0.2, -0.15) is 13.2 Å². The molecule has 0 bridgehead atoms. The van der Waals surface area contributed by atoms with E-state index in [-0.39, 0.29) is 35.8 Å². The molecule has 10 heteroatoms. The van der Waals surface area contributed by atoms with Gasteiger partial charge in [0.05, 0.1) is 6.54 Å². The summed E-state index contributed by atoms with van der Waals surface area (Å²) in [6, 6.07) is -0.820. The van der Waals surface area contributed by atoms with E-state index in [1.54, 1.807) is 0 Å². The molecule has 0 aromatic carbocycles. The van der Waals surface area contributed by atoms with Gasteiger partial charge in [0.2, 0.25) is 5.95 Å². The first-order valence-electron chi connectivity index (χ1n) is 7.98. The number of hydrogen-bond acceptors (Lipinski definition) is 5. The third-order valence-corrected chi connectivity index (χ3v) is 4.79. The molecule has 0 N–H and O–H groups in total. The highest BCUT2D eigenvalue weighted by atomic mass is 35.5. The van der Waals surface area contributed by atoms with E-state index in [0.717, 1.165) is 15.5 Å². The quantitative estimate of drug-likeness (QED) is 0.752. The number of ketones is 1. The largest absolute Gasteiger partial charge is 0.408 e. The number of hydrogen-bond donors (Lipinski definition) is 0. The summed E-state index contributed by atoms with van der Waals surface area (Å²) in [7, 11) is 0. The smallest absolute Gasteiger partial charge is 0.381 e. The number of aromatic nitrogens is 2. The second kappa shape index (κ2) is 6.95. The Balaban J connectivity index is 1.94. The lowest BCUT2D eigenvalue weighted by Crippen LogP contribution is -2.54. The van der Waals surface area contributed by atoms with Gasteiger partial charge in [-0.25, -0.2) is 4.98 Å². The lowest BCUT2D eigenvalue weighted by atomic mass is 9.94. The minimum absolute atomic E-state index is 0.121. The first-order valence-corrected chi connectivity index (χ1v) is 8.36. The minimum Gasteiger partial charge on any atom is -0.381 e. The molecule has 6 nitrogen and oxygen atoms in total. The van der Waals surface area contributed by atoms with Crippen LogP contribution in [0, 0.1) is 5.92 Å². The van der Waals surface area contributed by atoms with Gasteiger partial charge >= 0.3 is 6.18 Å². The number of fused-ring (bicyclic) bond motifs is 1. The van der Waals surface area contributed by atoms with E-state index in [9.17, 15) is 22.8 Å². The maximum absolute atomic E-state index is 13.5. The predicted octanol–water partition coefficient (Wildman–Crippen LogP) is 2.03. The number of Topliss-reactive ketones (excluding diaryl/α,β-unsaturated/α-hetero) is 1. The van der Waals surface area contributed by atoms with E-state index in [1.165, 1.54) is 0 Å². The molecule has 1 aromatic rings. The highest BCUT2D eigenvalue weighted by molar-refractivity contribution is 6.29. The van der Waals surface area contributed by atoms with Gasteiger partial charge in [-0.3, -0.25) is 14.2 Å². The molecule has 0 spiro atoms. The Bertz CT molecular complexity index is 716. The number of halogens is 4. The normalized spacial score (nSPS) is 21.9. The van der Waals surface area contributed by atoms with Gasteiger partial charge in [-0.05, 0) is 19.3 Å². The molecule has 3 heterocycles. The van der Waals surface area contributed by atoms with Crippen LogP contribution in [0.5, 0.6) is 0 Å². The third-order valence-electron chi connectivity index (χ3n) is 4.60. The van der Waals surface area contributed by atoms with Crippen LogP contribution in [0.3, 0.4) is 0 Å². The van der Waals surface area contributed by atoms with Crippen molar-refractivity contribution in [1.82, 2.24) is 9.55 Å². The van der Waals surface area contributed by atoms with E-state index in [4.69, 9.17) is 16.3 Å². The van der Waals surface area contributed by atoms with Crippen molar-refractivity contribution in [2.75, 3.05) is 24.7 Å². The Hall–Kier alpha value is -1.61. The average Bonchev–Trinajstić information content (AvgIpc) is 2.55. The van der Waals surface area contributed by atoms with Gasteiger partial charge in [0.1, 0.15) is 11.2 Å². The van der Waals surface area contributed by atoms with E-state index in [1.807, 2.05) is 0 Å². The summed E-state index contributed by atoms with van der Waals surface area (Å²) in [6.45, 7) is 0.255. The fourth-order valence-electron chi connectivity index (χ4n) is 3.28. The highest BCUT2D eigenvalue weighted by Gasteiger charge is 2.47. The van der Waals surface area contributed by atoms with Crippen LogP contribution in [-0.2, 0) is 16.1 Å². The van der Waals surface area contributed by atoms with Gasteiger partial charge in [0.15, 0.2) is 5.78 Å². The number of nitrogens with zero attached hydrogens (tertiary/aromatic N) is 3. The monoisotopic (exact) mass is 379 g/mol. The number of alkyl halides is 3. The minimum atomic E-state index is -4.54. The zero-order valence-corrected chi connectivity index (χ0v) is 14.0. The average molecular weight is 380 g/mol. The Labute approximate surface area is 146 Å². The number of ether oxygens (including phenoxy) is 1. The third kappa shape index (κ3) is 3.82. The molecule has 1 atom stereocenters. The van der Waals surface area contributed by atoms with Crippen molar-refractivity contribution < 1.29 is 22.7 Å². The summed E-state index contributed by atoms with van der Waals surface area (Å²) in [6.07, 6.45) is -3.89. The summed E-state index contributed by atoms with van der Waals surface area (Å²) in [4.78, 5) is 29.3. The zero-order valence-electron chi connectivity index (χ0n) is 13.3. The van der Waals surface area contributed by atoms with E-state index >= 15 is 0 Å². The number of anilines is 1. The molecule has 138 valence electrons. The van der Waals surface area contributed by atoms with Crippen molar-refractivity contribution >= 4 is 23.3 Å². The predicted molar refractivity (Wildman–Crippen MR) is 83.9 cm³/mol. The molecular formula is C15H17ClF3N3O3. The second-order valence-corrected chi connectivity index (χ2v) is 6.58. The molecule has 3 rings (SSSR count). The van der Waals surface area contributed by atoms with Crippen LogP contribution in [0.4, 0.5) is 19.1 Å². The van der Waals surface area contributed by atoms with Crippen molar-refractivity contribution in [3.63, 3.8) is 0 Å². The molecule has 2 aliphatic heterocycles. The van der Waals surface area contributed by atoms with Crippen LogP contribution in [-0.4, -0.2) is 47.3 Å². The maximum atomic E-state index is 13.5. The molecule has 1 saturated heterocycles. The van der Waals surface area contributed by atoms with Gasteiger partial charge in [0.25, 0.3) is 5.56 Å². The summed E-state index contributed by atoms with van der Waals surface area (Å²) >= 11 is 5.76.